The molecule has 0 aliphatic rings. The van der Waals surface area contributed by atoms with Gasteiger partial charge < -0.3 is 25.2 Å². The molecule has 0 heterocycles. The molecule has 5 nitrogen and oxygen atoms in total. The van der Waals surface area contributed by atoms with Crippen molar-refractivity contribution in [3.8, 4) is 11.5 Å². The summed E-state index contributed by atoms with van der Waals surface area (Å²) in [6, 6.07) is 5.79. The van der Waals surface area contributed by atoms with E-state index in [9.17, 15) is 0 Å². The number of methoxy groups -OCH3 is 2. The average molecular weight is 268 g/mol. The fraction of sp³-hybridized carbons (Fsp3) is 0.571. The summed E-state index contributed by atoms with van der Waals surface area (Å²) in [5.41, 5.74) is 1.09. The lowest BCUT2D eigenvalue weighted by atomic mass is 10.2. The van der Waals surface area contributed by atoms with E-state index in [-0.39, 0.29) is 6.61 Å². The van der Waals surface area contributed by atoms with Gasteiger partial charge in [0.2, 0.25) is 0 Å². The molecular formula is C14H24N2O3. The Labute approximate surface area is 114 Å². The minimum absolute atomic E-state index is 0.189. The van der Waals surface area contributed by atoms with Gasteiger partial charge in [0.15, 0.2) is 0 Å². The zero-order valence-electron chi connectivity index (χ0n) is 11.7. The predicted octanol–water partition coefficient (Wildman–Crippen LogP) is 0.765. The first kappa shape index (κ1) is 15.8. The zero-order valence-corrected chi connectivity index (χ0v) is 11.7. The Hall–Kier alpha value is -1.30. The molecule has 19 heavy (non-hydrogen) atoms. The molecule has 0 saturated carbocycles. The molecule has 0 aliphatic heterocycles. The van der Waals surface area contributed by atoms with Crippen molar-refractivity contribution in [1.82, 2.24) is 10.6 Å². The third kappa shape index (κ3) is 5.92. The Balaban J connectivity index is 2.31. The summed E-state index contributed by atoms with van der Waals surface area (Å²) in [4.78, 5) is 0. The van der Waals surface area contributed by atoms with E-state index in [4.69, 9.17) is 14.6 Å². The van der Waals surface area contributed by atoms with Crippen LogP contribution < -0.4 is 20.1 Å². The molecule has 0 amide bonds. The van der Waals surface area contributed by atoms with E-state index < -0.39 is 0 Å². The minimum Gasteiger partial charge on any atom is -0.497 e. The van der Waals surface area contributed by atoms with E-state index in [0.29, 0.717) is 6.54 Å². The smallest absolute Gasteiger partial charge is 0.123 e. The van der Waals surface area contributed by atoms with Gasteiger partial charge in [0, 0.05) is 18.7 Å². The highest BCUT2D eigenvalue weighted by atomic mass is 16.5. The van der Waals surface area contributed by atoms with Crippen LogP contribution in [0.4, 0.5) is 0 Å². The first-order chi connectivity index (χ1) is 9.31. The van der Waals surface area contributed by atoms with Crippen molar-refractivity contribution < 1.29 is 14.6 Å². The largest absolute Gasteiger partial charge is 0.497 e. The number of ether oxygens (including phenoxy) is 2. The number of hydrogen-bond acceptors (Lipinski definition) is 5. The van der Waals surface area contributed by atoms with Crippen LogP contribution in [0.15, 0.2) is 18.2 Å². The topological polar surface area (TPSA) is 62.8 Å². The van der Waals surface area contributed by atoms with E-state index in [1.807, 2.05) is 18.2 Å². The molecule has 0 aliphatic carbocycles. The molecule has 0 aromatic heterocycles. The van der Waals surface area contributed by atoms with Crippen LogP contribution in [0.2, 0.25) is 0 Å². The molecule has 0 saturated heterocycles. The van der Waals surface area contributed by atoms with Crippen molar-refractivity contribution in [2.75, 3.05) is 40.5 Å². The number of benzene rings is 1. The molecular weight excluding hydrogens is 244 g/mol. The van der Waals surface area contributed by atoms with Gasteiger partial charge in [0.25, 0.3) is 0 Å². The van der Waals surface area contributed by atoms with E-state index in [0.717, 1.165) is 43.1 Å². The van der Waals surface area contributed by atoms with Crippen molar-refractivity contribution in [2.24, 2.45) is 0 Å². The Morgan fingerprint density at radius 1 is 1.05 bits per heavy atom. The zero-order chi connectivity index (χ0) is 13.9. The van der Waals surface area contributed by atoms with Gasteiger partial charge in [-0.3, -0.25) is 0 Å². The lowest BCUT2D eigenvalue weighted by Crippen LogP contribution is -2.24. The van der Waals surface area contributed by atoms with Gasteiger partial charge in [-0.25, -0.2) is 0 Å². The second-order valence-corrected chi connectivity index (χ2v) is 4.18. The van der Waals surface area contributed by atoms with E-state index in [1.165, 1.54) is 0 Å². The first-order valence-electron chi connectivity index (χ1n) is 6.55. The van der Waals surface area contributed by atoms with Gasteiger partial charge >= 0.3 is 0 Å². The number of aliphatic hydroxyl groups is 1. The van der Waals surface area contributed by atoms with Crippen LogP contribution in [0.5, 0.6) is 11.5 Å². The average Bonchev–Trinajstić information content (AvgIpc) is 2.46. The highest BCUT2D eigenvalue weighted by molar-refractivity contribution is 5.40. The second kappa shape index (κ2) is 9.61. The van der Waals surface area contributed by atoms with Crippen LogP contribution in [-0.2, 0) is 6.54 Å². The Bertz CT molecular complexity index is 359. The summed E-state index contributed by atoms with van der Waals surface area (Å²) in [7, 11) is 3.33. The maximum atomic E-state index is 8.62. The van der Waals surface area contributed by atoms with Gasteiger partial charge in [-0.05, 0) is 37.7 Å². The molecule has 0 unspecified atom stereocenters. The molecule has 1 rings (SSSR count). The van der Waals surface area contributed by atoms with Crippen molar-refractivity contribution >= 4 is 0 Å². The fourth-order valence-electron chi connectivity index (χ4n) is 1.79. The lowest BCUT2D eigenvalue weighted by Gasteiger charge is -2.11. The summed E-state index contributed by atoms with van der Waals surface area (Å²) in [5, 5.41) is 15.1. The Morgan fingerprint density at radius 2 is 1.84 bits per heavy atom. The van der Waals surface area contributed by atoms with Crippen molar-refractivity contribution in [3.05, 3.63) is 23.8 Å². The number of aliphatic hydroxyl groups excluding tert-OH is 1. The van der Waals surface area contributed by atoms with Gasteiger partial charge in [0.1, 0.15) is 11.5 Å². The summed E-state index contributed by atoms with van der Waals surface area (Å²) in [6.07, 6.45) is 1.02. The van der Waals surface area contributed by atoms with Crippen molar-refractivity contribution in [3.63, 3.8) is 0 Å². The third-order valence-corrected chi connectivity index (χ3v) is 2.80. The first-order valence-corrected chi connectivity index (χ1v) is 6.55. The van der Waals surface area contributed by atoms with E-state index >= 15 is 0 Å². The summed E-state index contributed by atoms with van der Waals surface area (Å²) in [6.45, 7) is 3.42. The molecule has 1 aromatic rings. The van der Waals surface area contributed by atoms with Gasteiger partial charge in [-0.1, -0.05) is 0 Å². The van der Waals surface area contributed by atoms with E-state index in [2.05, 4.69) is 10.6 Å². The maximum absolute atomic E-state index is 8.62. The Morgan fingerprint density at radius 3 is 2.53 bits per heavy atom. The summed E-state index contributed by atoms with van der Waals surface area (Å²) >= 11 is 0. The van der Waals surface area contributed by atoms with Crippen molar-refractivity contribution in [2.45, 2.75) is 13.0 Å². The molecule has 0 spiro atoms. The van der Waals surface area contributed by atoms with Gasteiger partial charge in [-0.15, -0.1) is 0 Å². The fourth-order valence-corrected chi connectivity index (χ4v) is 1.79. The van der Waals surface area contributed by atoms with Gasteiger partial charge in [0.05, 0.1) is 20.8 Å². The molecule has 0 fully saturated rings. The van der Waals surface area contributed by atoms with Crippen LogP contribution in [0, 0.1) is 0 Å². The van der Waals surface area contributed by atoms with E-state index in [1.54, 1.807) is 14.2 Å². The van der Waals surface area contributed by atoms with Crippen LogP contribution in [0.25, 0.3) is 0 Å². The molecule has 5 heteroatoms. The number of nitrogens with one attached hydrogen (secondary N) is 2. The highest BCUT2D eigenvalue weighted by Crippen LogP contribution is 2.23. The highest BCUT2D eigenvalue weighted by Gasteiger charge is 2.04. The second-order valence-electron chi connectivity index (χ2n) is 4.18. The summed E-state index contributed by atoms with van der Waals surface area (Å²) < 4.78 is 10.5. The molecule has 3 N–H and O–H groups in total. The van der Waals surface area contributed by atoms with Crippen LogP contribution in [0.3, 0.4) is 0 Å². The number of rotatable bonds is 10. The van der Waals surface area contributed by atoms with Crippen molar-refractivity contribution in [1.29, 1.82) is 0 Å². The van der Waals surface area contributed by atoms with Crippen LogP contribution in [-0.4, -0.2) is 45.6 Å². The molecule has 0 radical (unpaired) electrons. The SMILES string of the molecule is COc1ccc(OC)c(CNCCCNCCO)c1. The quantitative estimate of drug-likeness (QED) is 0.547. The van der Waals surface area contributed by atoms with Crippen LogP contribution >= 0.6 is 0 Å². The monoisotopic (exact) mass is 268 g/mol. The normalized spacial score (nSPS) is 10.5. The van der Waals surface area contributed by atoms with Crippen LogP contribution in [0.1, 0.15) is 12.0 Å². The summed E-state index contributed by atoms with van der Waals surface area (Å²) in [5.74, 6) is 1.70. The Kier molecular flexibility index (Phi) is 7.97. The predicted molar refractivity (Wildman–Crippen MR) is 75.8 cm³/mol. The number of hydrogen-bond donors (Lipinski definition) is 3. The lowest BCUT2D eigenvalue weighted by molar-refractivity contribution is 0.292. The molecule has 0 atom stereocenters. The van der Waals surface area contributed by atoms with Gasteiger partial charge in [-0.2, -0.15) is 0 Å². The molecule has 108 valence electrons. The molecule has 0 bridgehead atoms. The minimum atomic E-state index is 0.189. The molecule has 1 aromatic carbocycles. The standard InChI is InChI=1S/C14H24N2O3/c1-18-13-4-5-14(19-2)12(10-13)11-16-7-3-6-15-8-9-17/h4-5,10,15-17H,3,6-9,11H2,1-2H3. The third-order valence-electron chi connectivity index (χ3n) is 2.80. The maximum Gasteiger partial charge on any atom is 0.123 e.